The van der Waals surface area contributed by atoms with Gasteiger partial charge in [0.15, 0.2) is 0 Å². The molecule has 0 nitrogen and oxygen atoms in total. The minimum Gasteiger partial charge on any atom is -0.205 e. The topological polar surface area (TPSA) is 0 Å². The van der Waals surface area contributed by atoms with Crippen LogP contribution in [0, 0.1) is 0 Å². The van der Waals surface area contributed by atoms with Gasteiger partial charge in [-0.25, -0.2) is 8.78 Å². The molecule has 0 N–H and O–H groups in total. The van der Waals surface area contributed by atoms with E-state index in [0.717, 1.165) is 6.07 Å². The highest BCUT2D eigenvalue weighted by molar-refractivity contribution is 9.10. The van der Waals surface area contributed by atoms with Gasteiger partial charge in [0.2, 0.25) is 0 Å². The second-order valence-corrected chi connectivity index (χ2v) is 3.74. The Kier molecular flexibility index (Phi) is 3.32. The van der Waals surface area contributed by atoms with Crippen LogP contribution in [-0.2, 0) is 0 Å². The van der Waals surface area contributed by atoms with Crippen LogP contribution in [0.15, 0.2) is 16.6 Å². The molecule has 0 saturated heterocycles. The minimum atomic E-state index is -2.53. The maximum Gasteiger partial charge on any atom is 0.263 e. The van der Waals surface area contributed by atoms with Crippen LogP contribution in [0.25, 0.3) is 0 Å². The van der Waals surface area contributed by atoms with Gasteiger partial charge in [-0.15, -0.1) is 0 Å². The maximum atomic E-state index is 12.1. The Hall–Kier alpha value is 0.140. The lowest BCUT2D eigenvalue weighted by molar-refractivity contribution is 0.151. The molecule has 0 bridgehead atoms. The van der Waals surface area contributed by atoms with Gasteiger partial charge in [-0.1, -0.05) is 23.2 Å². The highest BCUT2D eigenvalue weighted by Crippen LogP contribution is 2.34. The Morgan fingerprint density at radius 2 is 1.83 bits per heavy atom. The first-order chi connectivity index (χ1) is 5.52. The average molecular weight is 276 g/mol. The first kappa shape index (κ1) is 10.2. The Labute approximate surface area is 86.6 Å². The third-order valence-corrected chi connectivity index (χ3v) is 2.91. The lowest BCUT2D eigenvalue weighted by Crippen LogP contribution is -1.84. The van der Waals surface area contributed by atoms with E-state index in [2.05, 4.69) is 15.9 Å². The van der Waals surface area contributed by atoms with Crippen molar-refractivity contribution in [1.29, 1.82) is 0 Å². The van der Waals surface area contributed by atoms with Gasteiger partial charge in [0.25, 0.3) is 6.43 Å². The fourth-order valence-corrected chi connectivity index (χ4v) is 1.63. The van der Waals surface area contributed by atoms with Crippen LogP contribution in [-0.4, -0.2) is 0 Å². The molecule has 12 heavy (non-hydrogen) atoms. The maximum absolute atomic E-state index is 12.1. The molecule has 0 radical (unpaired) electrons. The highest BCUT2D eigenvalue weighted by atomic mass is 79.9. The molecule has 0 aliphatic heterocycles. The predicted molar refractivity (Wildman–Crippen MR) is 49.1 cm³/mol. The fourth-order valence-electron chi connectivity index (χ4n) is 0.701. The molecule has 0 amide bonds. The number of hydrogen-bond donors (Lipinski definition) is 0. The van der Waals surface area contributed by atoms with Crippen LogP contribution < -0.4 is 0 Å². The molecular weight excluding hydrogens is 273 g/mol. The zero-order valence-corrected chi connectivity index (χ0v) is 8.72. The lowest BCUT2D eigenvalue weighted by Gasteiger charge is -2.03. The zero-order chi connectivity index (χ0) is 9.30. The zero-order valence-electron chi connectivity index (χ0n) is 5.62. The molecule has 0 unspecified atom stereocenters. The Morgan fingerprint density at radius 3 is 2.25 bits per heavy atom. The van der Waals surface area contributed by atoms with Crippen LogP contribution in [0.3, 0.4) is 0 Å². The van der Waals surface area contributed by atoms with Gasteiger partial charge in [-0.05, 0) is 28.1 Å². The van der Waals surface area contributed by atoms with Crippen molar-refractivity contribution in [2.45, 2.75) is 6.43 Å². The second kappa shape index (κ2) is 3.90. The standard InChI is InChI=1S/C7H3BrCl2F2/c8-4-1-3(7(11)12)2-5(9)6(4)10/h1-2,7H. The summed E-state index contributed by atoms with van der Waals surface area (Å²) in [6, 6.07) is 2.40. The molecule has 1 rings (SSSR count). The molecular formula is C7H3BrCl2F2. The summed E-state index contributed by atoms with van der Waals surface area (Å²) in [4.78, 5) is 0. The van der Waals surface area contributed by atoms with Crippen molar-refractivity contribution in [2.24, 2.45) is 0 Å². The van der Waals surface area contributed by atoms with Gasteiger partial charge >= 0.3 is 0 Å². The summed E-state index contributed by atoms with van der Waals surface area (Å²) >= 11 is 14.2. The third kappa shape index (κ3) is 2.09. The van der Waals surface area contributed by atoms with Crippen LogP contribution in [0.2, 0.25) is 10.0 Å². The summed E-state index contributed by atoms with van der Waals surface area (Å²) < 4.78 is 24.7. The summed E-state index contributed by atoms with van der Waals surface area (Å²) in [5.74, 6) is 0. The van der Waals surface area contributed by atoms with Crippen LogP contribution >= 0.6 is 39.1 Å². The van der Waals surface area contributed by atoms with Gasteiger partial charge in [-0.3, -0.25) is 0 Å². The number of rotatable bonds is 1. The lowest BCUT2D eigenvalue weighted by atomic mass is 10.2. The quantitative estimate of drug-likeness (QED) is 0.652. The van der Waals surface area contributed by atoms with Crippen molar-refractivity contribution in [3.63, 3.8) is 0 Å². The molecule has 0 aliphatic rings. The summed E-state index contributed by atoms with van der Waals surface area (Å²) in [6.07, 6.45) is -2.53. The number of hydrogen-bond acceptors (Lipinski definition) is 0. The molecule has 0 saturated carbocycles. The van der Waals surface area contributed by atoms with Crippen molar-refractivity contribution in [3.8, 4) is 0 Å². The normalized spacial score (nSPS) is 10.8. The van der Waals surface area contributed by atoms with E-state index in [0.29, 0.717) is 4.47 Å². The largest absolute Gasteiger partial charge is 0.263 e. The van der Waals surface area contributed by atoms with Crippen molar-refractivity contribution < 1.29 is 8.78 Å². The van der Waals surface area contributed by atoms with E-state index in [1.165, 1.54) is 6.07 Å². The number of alkyl halides is 2. The number of benzene rings is 1. The molecule has 1 aromatic carbocycles. The van der Waals surface area contributed by atoms with Crippen LogP contribution in [0.5, 0.6) is 0 Å². The van der Waals surface area contributed by atoms with Crippen molar-refractivity contribution in [2.75, 3.05) is 0 Å². The smallest absolute Gasteiger partial charge is 0.205 e. The van der Waals surface area contributed by atoms with E-state index in [1.54, 1.807) is 0 Å². The van der Waals surface area contributed by atoms with Gasteiger partial charge < -0.3 is 0 Å². The van der Waals surface area contributed by atoms with Crippen molar-refractivity contribution in [3.05, 3.63) is 32.2 Å². The van der Waals surface area contributed by atoms with E-state index < -0.39 is 6.43 Å². The second-order valence-electron chi connectivity index (χ2n) is 2.10. The van der Waals surface area contributed by atoms with Gasteiger partial charge in [0.1, 0.15) is 0 Å². The average Bonchev–Trinajstić information content (AvgIpc) is 1.99. The first-order valence-corrected chi connectivity index (χ1v) is 4.50. The summed E-state index contributed by atoms with van der Waals surface area (Å²) in [7, 11) is 0. The minimum absolute atomic E-state index is 0.126. The van der Waals surface area contributed by atoms with Gasteiger partial charge in [0.05, 0.1) is 10.0 Å². The fraction of sp³-hybridized carbons (Fsp3) is 0.143. The van der Waals surface area contributed by atoms with E-state index in [1.807, 2.05) is 0 Å². The highest BCUT2D eigenvalue weighted by Gasteiger charge is 2.11. The molecule has 1 aromatic rings. The van der Waals surface area contributed by atoms with Gasteiger partial charge in [-0.2, -0.15) is 0 Å². The van der Waals surface area contributed by atoms with Gasteiger partial charge in [0, 0.05) is 10.0 Å². The molecule has 0 spiro atoms. The molecule has 0 atom stereocenters. The monoisotopic (exact) mass is 274 g/mol. The first-order valence-electron chi connectivity index (χ1n) is 2.95. The molecule has 5 heteroatoms. The molecule has 0 heterocycles. The SMILES string of the molecule is FC(F)c1cc(Cl)c(Cl)c(Br)c1. The molecule has 66 valence electrons. The number of halogens is 5. The Balaban J connectivity index is 3.21. The van der Waals surface area contributed by atoms with Crippen molar-refractivity contribution in [1.82, 2.24) is 0 Å². The summed E-state index contributed by atoms with van der Waals surface area (Å²) in [6.45, 7) is 0. The van der Waals surface area contributed by atoms with E-state index in [9.17, 15) is 8.78 Å². The Bertz CT molecular complexity index is 278. The summed E-state index contributed by atoms with van der Waals surface area (Å²) in [5.41, 5.74) is -0.142. The molecule has 0 aliphatic carbocycles. The van der Waals surface area contributed by atoms with E-state index in [-0.39, 0.29) is 15.6 Å². The summed E-state index contributed by atoms with van der Waals surface area (Å²) in [5, 5.41) is 0.377. The van der Waals surface area contributed by atoms with E-state index in [4.69, 9.17) is 23.2 Å². The predicted octanol–water partition coefficient (Wildman–Crippen LogP) is 4.69. The third-order valence-electron chi connectivity index (χ3n) is 1.26. The Morgan fingerprint density at radius 1 is 1.25 bits per heavy atom. The van der Waals surface area contributed by atoms with Crippen molar-refractivity contribution >= 4 is 39.1 Å². The molecule has 0 aromatic heterocycles. The molecule has 0 fully saturated rings. The van der Waals surface area contributed by atoms with Crippen LogP contribution in [0.1, 0.15) is 12.0 Å². The van der Waals surface area contributed by atoms with Crippen LogP contribution in [0.4, 0.5) is 8.78 Å². The van der Waals surface area contributed by atoms with E-state index >= 15 is 0 Å².